The van der Waals surface area contributed by atoms with Crippen molar-refractivity contribution in [3.05, 3.63) is 11.6 Å². The van der Waals surface area contributed by atoms with Crippen LogP contribution in [-0.2, 0) is 4.74 Å². The number of hydrogen-bond acceptors (Lipinski definition) is 5. The first-order valence-electron chi connectivity index (χ1n) is 2.82. The second kappa shape index (κ2) is 2.95. The molecule has 0 radical (unpaired) electrons. The van der Waals surface area contributed by atoms with Gasteiger partial charge in [0.1, 0.15) is 5.70 Å². The average Bonchev–Trinajstić information content (AvgIpc) is 2.38. The molecule has 0 saturated carbocycles. The van der Waals surface area contributed by atoms with Gasteiger partial charge >= 0.3 is 0 Å². The Bertz CT molecular complexity index is 193. The molecule has 0 aromatic heterocycles. The quantitative estimate of drug-likeness (QED) is 0.506. The van der Waals surface area contributed by atoms with Crippen LogP contribution in [-0.4, -0.2) is 12.8 Å². The van der Waals surface area contributed by atoms with Gasteiger partial charge in [0.05, 0.1) is 12.2 Å². The SMILES string of the molecule is CCOC([O-])=C1C=NN=N1. The minimum atomic E-state index is -0.479. The maximum absolute atomic E-state index is 10.7. The number of hydrogen-bond donors (Lipinski definition) is 0. The van der Waals surface area contributed by atoms with Gasteiger partial charge < -0.3 is 9.84 Å². The molecule has 0 unspecified atom stereocenters. The molecule has 0 amide bonds. The summed E-state index contributed by atoms with van der Waals surface area (Å²) in [5, 5.41) is 20.7. The highest BCUT2D eigenvalue weighted by Crippen LogP contribution is 2.05. The Kier molecular flexibility index (Phi) is 1.99. The van der Waals surface area contributed by atoms with E-state index in [1.807, 2.05) is 0 Å². The van der Waals surface area contributed by atoms with Gasteiger partial charge in [-0.2, -0.15) is 0 Å². The summed E-state index contributed by atoms with van der Waals surface area (Å²) in [5.74, 6) is -0.479. The van der Waals surface area contributed by atoms with E-state index in [0.29, 0.717) is 6.61 Å². The molecule has 0 N–H and O–H groups in total. The lowest BCUT2D eigenvalue weighted by Gasteiger charge is -2.11. The molecular formula is C5H6N3O2-. The lowest BCUT2D eigenvalue weighted by atomic mass is 10.5. The first kappa shape index (κ1) is 6.73. The van der Waals surface area contributed by atoms with Crippen LogP contribution in [0.1, 0.15) is 6.92 Å². The van der Waals surface area contributed by atoms with Gasteiger partial charge in [-0.15, -0.1) is 10.2 Å². The molecule has 0 spiro atoms. The van der Waals surface area contributed by atoms with Gasteiger partial charge in [-0.1, -0.05) is 6.92 Å². The number of allylic oxidation sites excluding steroid dienone is 1. The van der Waals surface area contributed by atoms with Crippen LogP contribution in [0.3, 0.4) is 0 Å². The second-order valence-electron chi connectivity index (χ2n) is 1.54. The fraction of sp³-hybridized carbons (Fsp3) is 0.400. The van der Waals surface area contributed by atoms with Crippen molar-refractivity contribution in [2.24, 2.45) is 15.4 Å². The maximum atomic E-state index is 10.7. The Morgan fingerprint density at radius 2 is 2.60 bits per heavy atom. The molecular weight excluding hydrogens is 134 g/mol. The van der Waals surface area contributed by atoms with Crippen molar-refractivity contribution in [2.75, 3.05) is 6.61 Å². The van der Waals surface area contributed by atoms with E-state index in [9.17, 15) is 5.11 Å². The van der Waals surface area contributed by atoms with Crippen molar-refractivity contribution < 1.29 is 9.84 Å². The Morgan fingerprint density at radius 3 is 3.10 bits per heavy atom. The number of nitrogens with zero attached hydrogens (tertiary/aromatic N) is 3. The van der Waals surface area contributed by atoms with Crippen LogP contribution in [0, 0.1) is 0 Å². The predicted octanol–water partition coefficient (Wildman–Crippen LogP) is 0.00390. The van der Waals surface area contributed by atoms with Crippen molar-refractivity contribution in [1.29, 1.82) is 0 Å². The Morgan fingerprint density at radius 1 is 1.80 bits per heavy atom. The van der Waals surface area contributed by atoms with Crippen LogP contribution in [0.2, 0.25) is 0 Å². The molecule has 5 nitrogen and oxygen atoms in total. The van der Waals surface area contributed by atoms with E-state index in [2.05, 4.69) is 20.2 Å². The highest BCUT2D eigenvalue weighted by Gasteiger charge is 1.97. The molecule has 0 aromatic carbocycles. The van der Waals surface area contributed by atoms with Gasteiger partial charge in [-0.05, 0) is 11.8 Å². The fourth-order valence-corrected chi connectivity index (χ4v) is 0.479. The van der Waals surface area contributed by atoms with Crippen LogP contribution in [0.15, 0.2) is 27.1 Å². The van der Waals surface area contributed by atoms with Gasteiger partial charge in [-0.25, -0.2) is 0 Å². The Balaban J connectivity index is 2.65. The summed E-state index contributed by atoms with van der Waals surface area (Å²) in [5.41, 5.74) is 0.154. The van der Waals surface area contributed by atoms with Gasteiger partial charge in [0, 0.05) is 0 Å². The first-order chi connectivity index (χ1) is 4.84. The van der Waals surface area contributed by atoms with Crippen molar-refractivity contribution in [2.45, 2.75) is 6.92 Å². The fourth-order valence-electron chi connectivity index (χ4n) is 0.479. The molecule has 1 rings (SSSR count). The molecule has 0 aromatic rings. The largest absolute Gasteiger partial charge is 0.612 e. The molecule has 10 heavy (non-hydrogen) atoms. The first-order valence-corrected chi connectivity index (χ1v) is 2.82. The molecule has 0 saturated heterocycles. The zero-order valence-corrected chi connectivity index (χ0v) is 5.44. The van der Waals surface area contributed by atoms with Gasteiger partial charge in [-0.3, -0.25) is 0 Å². The molecule has 0 bridgehead atoms. The van der Waals surface area contributed by atoms with Crippen molar-refractivity contribution in [3.63, 3.8) is 0 Å². The molecule has 1 heterocycles. The lowest BCUT2D eigenvalue weighted by molar-refractivity contribution is -0.357. The van der Waals surface area contributed by atoms with Crippen LogP contribution in [0.25, 0.3) is 0 Å². The van der Waals surface area contributed by atoms with E-state index in [4.69, 9.17) is 0 Å². The number of rotatable bonds is 2. The second-order valence-corrected chi connectivity index (χ2v) is 1.54. The van der Waals surface area contributed by atoms with Gasteiger partial charge in [0.15, 0.2) is 0 Å². The van der Waals surface area contributed by atoms with E-state index < -0.39 is 5.95 Å². The summed E-state index contributed by atoms with van der Waals surface area (Å²) in [7, 11) is 0. The zero-order chi connectivity index (χ0) is 7.40. The van der Waals surface area contributed by atoms with Gasteiger partial charge in [0.25, 0.3) is 0 Å². The summed E-state index contributed by atoms with van der Waals surface area (Å²) >= 11 is 0. The third kappa shape index (κ3) is 1.31. The average molecular weight is 140 g/mol. The van der Waals surface area contributed by atoms with E-state index in [0.717, 1.165) is 0 Å². The normalized spacial score (nSPS) is 19.7. The Labute approximate surface area is 57.7 Å². The van der Waals surface area contributed by atoms with E-state index in [1.165, 1.54) is 6.21 Å². The standard InChI is InChI=1S/C5H7N3O2/c1-2-10-5(9)4-3-6-8-7-4/h3,9H,2H2,1H3/p-1. The van der Waals surface area contributed by atoms with Crippen LogP contribution < -0.4 is 5.11 Å². The highest BCUT2D eigenvalue weighted by atomic mass is 16.6. The summed E-state index contributed by atoms with van der Waals surface area (Å²) in [4.78, 5) is 0. The van der Waals surface area contributed by atoms with E-state index >= 15 is 0 Å². The topological polar surface area (TPSA) is 69.4 Å². The van der Waals surface area contributed by atoms with Crippen molar-refractivity contribution in [1.82, 2.24) is 0 Å². The third-order valence-electron chi connectivity index (χ3n) is 0.869. The van der Waals surface area contributed by atoms with Crippen molar-refractivity contribution in [3.8, 4) is 0 Å². The summed E-state index contributed by atoms with van der Waals surface area (Å²) < 4.78 is 4.60. The summed E-state index contributed by atoms with van der Waals surface area (Å²) in [6.07, 6.45) is 1.26. The smallest absolute Gasteiger partial charge is 0.129 e. The van der Waals surface area contributed by atoms with Crippen LogP contribution in [0.5, 0.6) is 0 Å². The molecule has 0 atom stereocenters. The predicted molar refractivity (Wildman–Crippen MR) is 32.0 cm³/mol. The number of ether oxygens (including phenoxy) is 1. The zero-order valence-electron chi connectivity index (χ0n) is 5.44. The van der Waals surface area contributed by atoms with Crippen molar-refractivity contribution >= 4 is 6.21 Å². The minimum Gasteiger partial charge on any atom is -0.612 e. The third-order valence-corrected chi connectivity index (χ3v) is 0.869. The van der Waals surface area contributed by atoms with E-state index in [1.54, 1.807) is 6.92 Å². The molecule has 54 valence electrons. The summed E-state index contributed by atoms with van der Waals surface area (Å²) in [6.45, 7) is 2.06. The molecule has 0 aliphatic carbocycles. The lowest BCUT2D eigenvalue weighted by Crippen LogP contribution is -2.10. The van der Waals surface area contributed by atoms with Crippen LogP contribution in [0.4, 0.5) is 0 Å². The minimum absolute atomic E-state index is 0.154. The maximum Gasteiger partial charge on any atom is 0.129 e. The highest BCUT2D eigenvalue weighted by molar-refractivity contribution is 5.78. The molecule has 1 aliphatic heterocycles. The molecule has 1 aliphatic rings. The monoisotopic (exact) mass is 140 g/mol. The summed E-state index contributed by atoms with van der Waals surface area (Å²) in [6, 6.07) is 0. The van der Waals surface area contributed by atoms with Crippen LogP contribution >= 0.6 is 0 Å². The van der Waals surface area contributed by atoms with E-state index in [-0.39, 0.29) is 5.70 Å². The van der Waals surface area contributed by atoms with Gasteiger partial charge in [0.2, 0.25) is 0 Å². The Hall–Kier alpha value is -1.39. The molecule has 0 fully saturated rings. The molecule has 5 heteroatoms.